The SMILES string of the molecule is CCCN1C(=O)[C@H](CCCCNC(=O)n2c3ccccc3c3ccccc32)NC(=O)C12CCN(CCc1ccccc1)CC2. The number of nitrogens with zero attached hydrogens (tertiary/aromatic N) is 3. The smallest absolute Gasteiger partial charge is 0.326 e. The monoisotopic (exact) mass is 593 g/mol. The van der Waals surface area contributed by atoms with E-state index in [9.17, 15) is 14.4 Å². The molecule has 2 aliphatic heterocycles. The van der Waals surface area contributed by atoms with E-state index < -0.39 is 11.6 Å². The van der Waals surface area contributed by atoms with Crippen LogP contribution in [0.1, 0.15) is 51.0 Å². The Morgan fingerprint density at radius 2 is 1.50 bits per heavy atom. The summed E-state index contributed by atoms with van der Waals surface area (Å²) in [4.78, 5) is 44.9. The van der Waals surface area contributed by atoms with E-state index in [1.807, 2.05) is 59.5 Å². The number of amides is 3. The maximum Gasteiger partial charge on any atom is 0.326 e. The van der Waals surface area contributed by atoms with Crippen molar-refractivity contribution < 1.29 is 14.4 Å². The number of para-hydroxylation sites is 2. The highest BCUT2D eigenvalue weighted by molar-refractivity contribution is 6.13. The molecule has 2 aliphatic rings. The summed E-state index contributed by atoms with van der Waals surface area (Å²) in [5, 5.41) is 8.28. The molecule has 0 aliphatic carbocycles. The van der Waals surface area contributed by atoms with Gasteiger partial charge in [0, 0.05) is 43.5 Å². The first-order valence-electron chi connectivity index (χ1n) is 16.2. The minimum Gasteiger partial charge on any atom is -0.342 e. The van der Waals surface area contributed by atoms with Crippen LogP contribution in [0.15, 0.2) is 78.9 Å². The lowest BCUT2D eigenvalue weighted by Crippen LogP contribution is -2.72. The van der Waals surface area contributed by atoms with Crippen LogP contribution >= 0.6 is 0 Å². The van der Waals surface area contributed by atoms with Crippen molar-refractivity contribution in [3.8, 4) is 0 Å². The van der Waals surface area contributed by atoms with E-state index in [0.717, 1.165) is 67.1 Å². The van der Waals surface area contributed by atoms with Crippen LogP contribution in [0.25, 0.3) is 21.8 Å². The lowest BCUT2D eigenvalue weighted by Gasteiger charge is -2.51. The topological polar surface area (TPSA) is 86.7 Å². The Morgan fingerprint density at radius 1 is 0.864 bits per heavy atom. The van der Waals surface area contributed by atoms with E-state index in [4.69, 9.17) is 0 Å². The standard InChI is InChI=1S/C36H43N5O3/c1-2-23-40-33(42)30(38-34(43)36(40)20-25-39(26-21-36)24-19-27-12-4-3-5-13-27)16-10-11-22-37-35(44)41-31-17-8-6-14-28(31)29-15-7-9-18-32(29)41/h3-9,12-15,17-18,30H,2,10-11,16,19-26H2,1H3,(H,37,44)(H,38,43)/t30-/m0/s1. The number of hydrogen-bond acceptors (Lipinski definition) is 4. The summed E-state index contributed by atoms with van der Waals surface area (Å²) < 4.78 is 1.74. The van der Waals surface area contributed by atoms with E-state index in [-0.39, 0.29) is 17.8 Å². The summed E-state index contributed by atoms with van der Waals surface area (Å²) in [6.45, 7) is 5.74. The minimum absolute atomic E-state index is 0.00192. The molecule has 8 nitrogen and oxygen atoms in total. The fraction of sp³-hybridized carbons (Fsp3) is 0.417. The van der Waals surface area contributed by atoms with Crippen molar-refractivity contribution in [1.82, 2.24) is 25.0 Å². The Morgan fingerprint density at radius 3 is 2.16 bits per heavy atom. The number of piperidine rings is 1. The summed E-state index contributed by atoms with van der Waals surface area (Å²) in [5.74, 6) is 0.0384. The van der Waals surface area contributed by atoms with Crippen LogP contribution in [-0.2, 0) is 16.0 Å². The maximum atomic E-state index is 13.7. The summed E-state index contributed by atoms with van der Waals surface area (Å²) in [5.41, 5.74) is 2.34. The molecule has 1 atom stereocenters. The first kappa shape index (κ1) is 29.9. The van der Waals surface area contributed by atoms with E-state index in [1.165, 1.54) is 5.56 Å². The third-order valence-electron chi connectivity index (χ3n) is 9.48. The Bertz CT molecular complexity index is 1570. The number of carbonyl (C=O) groups excluding carboxylic acids is 3. The van der Waals surface area contributed by atoms with Crippen LogP contribution in [0.2, 0.25) is 0 Å². The van der Waals surface area contributed by atoms with E-state index >= 15 is 0 Å². The van der Waals surface area contributed by atoms with Gasteiger partial charge in [-0.25, -0.2) is 4.79 Å². The predicted octanol–water partition coefficient (Wildman–Crippen LogP) is 5.34. The second kappa shape index (κ2) is 13.2. The molecule has 3 amide bonds. The zero-order chi connectivity index (χ0) is 30.5. The van der Waals surface area contributed by atoms with Crippen LogP contribution in [0.3, 0.4) is 0 Å². The molecule has 230 valence electrons. The lowest BCUT2D eigenvalue weighted by atomic mass is 9.81. The van der Waals surface area contributed by atoms with Gasteiger partial charge in [0.1, 0.15) is 11.6 Å². The van der Waals surface area contributed by atoms with E-state index in [1.54, 1.807) is 4.57 Å². The Balaban J connectivity index is 1.01. The van der Waals surface area contributed by atoms with Crippen LogP contribution in [-0.4, -0.2) is 76.5 Å². The highest BCUT2D eigenvalue weighted by Crippen LogP contribution is 2.34. The zero-order valence-corrected chi connectivity index (χ0v) is 25.6. The van der Waals surface area contributed by atoms with Crippen LogP contribution in [0.4, 0.5) is 4.79 Å². The number of likely N-dealkylation sites (tertiary alicyclic amines) is 1. The third-order valence-corrected chi connectivity index (χ3v) is 9.48. The average molecular weight is 594 g/mol. The number of fused-ring (bicyclic) bond motifs is 3. The summed E-state index contributed by atoms with van der Waals surface area (Å²) in [6, 6.07) is 25.7. The maximum absolute atomic E-state index is 13.7. The number of unbranched alkanes of at least 4 members (excludes halogenated alkanes) is 1. The van der Waals surface area contributed by atoms with Gasteiger partial charge in [-0.2, -0.15) is 0 Å². The summed E-state index contributed by atoms with van der Waals surface area (Å²) in [6.07, 6.45) is 5.15. The second-order valence-electron chi connectivity index (χ2n) is 12.2. The van der Waals surface area contributed by atoms with Gasteiger partial charge in [0.25, 0.3) is 0 Å². The molecule has 2 saturated heterocycles. The molecule has 4 aromatic rings. The molecule has 2 fully saturated rings. The largest absolute Gasteiger partial charge is 0.342 e. The fourth-order valence-corrected chi connectivity index (χ4v) is 7.08. The third kappa shape index (κ3) is 5.83. The van der Waals surface area contributed by atoms with Gasteiger partial charge in [-0.1, -0.05) is 73.7 Å². The Kier molecular flexibility index (Phi) is 8.98. The van der Waals surface area contributed by atoms with Gasteiger partial charge in [0.2, 0.25) is 11.8 Å². The van der Waals surface area contributed by atoms with Gasteiger partial charge in [0.15, 0.2) is 0 Å². The van der Waals surface area contributed by atoms with Gasteiger partial charge in [-0.05, 0) is 62.6 Å². The zero-order valence-electron chi connectivity index (χ0n) is 25.6. The van der Waals surface area contributed by atoms with E-state index in [2.05, 4.69) is 46.7 Å². The van der Waals surface area contributed by atoms with Gasteiger partial charge < -0.3 is 20.4 Å². The molecule has 0 saturated carbocycles. The summed E-state index contributed by atoms with van der Waals surface area (Å²) in [7, 11) is 0. The molecule has 8 heteroatoms. The second-order valence-corrected chi connectivity index (χ2v) is 12.2. The highest BCUT2D eigenvalue weighted by Gasteiger charge is 2.53. The van der Waals surface area contributed by atoms with Crippen molar-refractivity contribution >= 4 is 39.7 Å². The average Bonchev–Trinajstić information content (AvgIpc) is 3.40. The first-order valence-corrected chi connectivity index (χ1v) is 16.2. The van der Waals surface area contributed by atoms with Crippen LogP contribution in [0, 0.1) is 0 Å². The Labute approximate surface area is 259 Å². The quantitative estimate of drug-likeness (QED) is 0.243. The van der Waals surface area contributed by atoms with Crippen molar-refractivity contribution in [1.29, 1.82) is 0 Å². The molecule has 0 unspecified atom stereocenters. The molecule has 44 heavy (non-hydrogen) atoms. The molecular formula is C36H43N5O3. The lowest BCUT2D eigenvalue weighted by molar-refractivity contribution is -0.161. The first-order chi connectivity index (χ1) is 21.5. The van der Waals surface area contributed by atoms with Crippen molar-refractivity contribution in [2.45, 2.75) is 63.5 Å². The number of benzene rings is 3. The minimum atomic E-state index is -0.747. The fourth-order valence-electron chi connectivity index (χ4n) is 7.08. The number of nitrogens with one attached hydrogen (secondary N) is 2. The van der Waals surface area contributed by atoms with Crippen molar-refractivity contribution in [3.63, 3.8) is 0 Å². The molecule has 1 aromatic heterocycles. The number of hydrogen-bond donors (Lipinski definition) is 2. The van der Waals surface area contributed by atoms with Gasteiger partial charge in [-0.3, -0.25) is 14.2 Å². The van der Waals surface area contributed by atoms with Crippen molar-refractivity contribution in [2.75, 3.05) is 32.7 Å². The van der Waals surface area contributed by atoms with Gasteiger partial charge >= 0.3 is 6.03 Å². The van der Waals surface area contributed by atoms with Gasteiger partial charge in [-0.15, -0.1) is 0 Å². The molecule has 0 radical (unpaired) electrons. The van der Waals surface area contributed by atoms with Crippen LogP contribution in [0.5, 0.6) is 0 Å². The number of carbonyl (C=O) groups is 3. The van der Waals surface area contributed by atoms with Crippen LogP contribution < -0.4 is 10.6 Å². The number of piperazine rings is 1. The number of aromatic nitrogens is 1. The summed E-state index contributed by atoms with van der Waals surface area (Å²) >= 11 is 0. The van der Waals surface area contributed by atoms with E-state index in [0.29, 0.717) is 32.4 Å². The molecule has 3 aromatic carbocycles. The normalized spacial score (nSPS) is 18.7. The molecule has 6 rings (SSSR count). The van der Waals surface area contributed by atoms with Gasteiger partial charge in [0.05, 0.1) is 11.0 Å². The van der Waals surface area contributed by atoms with Crippen molar-refractivity contribution in [2.24, 2.45) is 0 Å². The molecule has 2 N–H and O–H groups in total. The Hall–Kier alpha value is -4.17. The predicted molar refractivity (Wildman–Crippen MR) is 175 cm³/mol. The molecule has 3 heterocycles. The molecule has 0 bridgehead atoms. The molecule has 1 spiro atoms. The van der Waals surface area contributed by atoms with Crippen molar-refractivity contribution in [3.05, 3.63) is 84.4 Å². The highest BCUT2D eigenvalue weighted by atomic mass is 16.2. The number of rotatable bonds is 10. The molecular weight excluding hydrogens is 550 g/mol.